The molecule has 6 heteroatoms. The molecule has 0 unspecified atom stereocenters. The van der Waals surface area contributed by atoms with Crippen molar-refractivity contribution in [3.05, 3.63) is 47.3 Å². The van der Waals surface area contributed by atoms with Crippen molar-refractivity contribution >= 4 is 5.91 Å². The van der Waals surface area contributed by atoms with Crippen LogP contribution in [0.2, 0.25) is 0 Å². The number of fused-ring (bicyclic) bond motifs is 2. The van der Waals surface area contributed by atoms with Crippen molar-refractivity contribution in [2.24, 2.45) is 5.92 Å². The third kappa shape index (κ3) is 3.27. The molecule has 4 heterocycles. The summed E-state index contributed by atoms with van der Waals surface area (Å²) in [5, 5.41) is 0. The van der Waals surface area contributed by atoms with E-state index in [1.807, 2.05) is 30.3 Å². The highest BCUT2D eigenvalue weighted by molar-refractivity contribution is 5.94. The summed E-state index contributed by atoms with van der Waals surface area (Å²) >= 11 is 0. The molecule has 0 saturated carbocycles. The van der Waals surface area contributed by atoms with Crippen LogP contribution in [0.5, 0.6) is 0 Å². The number of hydrogen-bond acceptors (Lipinski definition) is 4. The Morgan fingerprint density at radius 1 is 1.22 bits per heavy atom. The predicted octanol–water partition coefficient (Wildman–Crippen LogP) is 2.76. The number of nitrogens with zero attached hydrogens (tertiary/aromatic N) is 4. The zero-order valence-electron chi connectivity index (χ0n) is 16.5. The molecule has 0 aliphatic carbocycles. The van der Waals surface area contributed by atoms with E-state index in [2.05, 4.69) is 28.7 Å². The maximum absolute atomic E-state index is 12.9. The number of piperidine rings is 1. The van der Waals surface area contributed by atoms with Crippen LogP contribution in [0.25, 0.3) is 0 Å². The molecule has 1 N–H and O–H groups in total. The van der Waals surface area contributed by atoms with Gasteiger partial charge in [0, 0.05) is 50.2 Å². The molecule has 4 rings (SSSR count). The standard InChI is InChI=1S/C21H29N5O/c1-15(2)13-26-9-6-18-19(24-14-23-18)21(26)7-10-25(11-8-21)20(27)17-5-4-16(3)22-12-17/h4-5,12,14-15H,6-11,13H2,1-3H3,(H,23,24). The van der Waals surface area contributed by atoms with Gasteiger partial charge in [-0.05, 0) is 37.8 Å². The Hall–Kier alpha value is -2.21. The molecule has 2 aliphatic heterocycles. The molecule has 1 fully saturated rings. The van der Waals surface area contributed by atoms with Crippen LogP contribution in [-0.4, -0.2) is 56.8 Å². The Kier molecular flexibility index (Phi) is 4.76. The van der Waals surface area contributed by atoms with E-state index in [0.29, 0.717) is 11.5 Å². The Labute approximate surface area is 161 Å². The smallest absolute Gasteiger partial charge is 0.255 e. The number of imidazole rings is 1. The number of aryl methyl sites for hydroxylation is 1. The number of aromatic amines is 1. The number of nitrogens with one attached hydrogen (secondary N) is 1. The normalized spacial score (nSPS) is 19.5. The van der Waals surface area contributed by atoms with Crippen LogP contribution < -0.4 is 0 Å². The van der Waals surface area contributed by atoms with E-state index in [0.717, 1.165) is 51.1 Å². The van der Waals surface area contributed by atoms with Crippen LogP contribution in [0, 0.1) is 12.8 Å². The predicted molar refractivity (Wildman–Crippen MR) is 104 cm³/mol. The number of hydrogen-bond donors (Lipinski definition) is 1. The van der Waals surface area contributed by atoms with E-state index in [1.165, 1.54) is 11.4 Å². The Morgan fingerprint density at radius 3 is 2.67 bits per heavy atom. The van der Waals surface area contributed by atoms with Gasteiger partial charge in [0.05, 0.1) is 23.1 Å². The maximum atomic E-state index is 12.9. The highest BCUT2D eigenvalue weighted by Gasteiger charge is 2.47. The zero-order valence-corrected chi connectivity index (χ0v) is 16.5. The number of rotatable bonds is 3. The molecule has 144 valence electrons. The van der Waals surface area contributed by atoms with Gasteiger partial charge in [0.15, 0.2) is 0 Å². The second-order valence-corrected chi connectivity index (χ2v) is 8.33. The third-order valence-corrected chi connectivity index (χ3v) is 6.02. The Morgan fingerprint density at radius 2 is 2.00 bits per heavy atom. The fourth-order valence-electron chi connectivity index (χ4n) is 4.64. The van der Waals surface area contributed by atoms with Crippen molar-refractivity contribution in [2.45, 2.75) is 45.6 Å². The van der Waals surface area contributed by atoms with E-state index >= 15 is 0 Å². The van der Waals surface area contributed by atoms with Gasteiger partial charge in [-0.15, -0.1) is 0 Å². The minimum Gasteiger partial charge on any atom is -0.348 e. The summed E-state index contributed by atoms with van der Waals surface area (Å²) < 4.78 is 0. The average Bonchev–Trinajstić information content (AvgIpc) is 3.15. The lowest BCUT2D eigenvalue weighted by atomic mass is 9.78. The zero-order chi connectivity index (χ0) is 19.0. The van der Waals surface area contributed by atoms with Crippen molar-refractivity contribution in [1.29, 1.82) is 0 Å². The van der Waals surface area contributed by atoms with Crippen molar-refractivity contribution in [2.75, 3.05) is 26.2 Å². The highest BCUT2D eigenvalue weighted by Crippen LogP contribution is 2.42. The highest BCUT2D eigenvalue weighted by atomic mass is 16.2. The summed E-state index contributed by atoms with van der Waals surface area (Å²) in [5.41, 5.74) is 4.05. The third-order valence-electron chi connectivity index (χ3n) is 6.02. The fourth-order valence-corrected chi connectivity index (χ4v) is 4.64. The molecular formula is C21H29N5O. The molecular weight excluding hydrogens is 338 g/mol. The van der Waals surface area contributed by atoms with E-state index in [4.69, 9.17) is 4.98 Å². The number of pyridine rings is 1. The topological polar surface area (TPSA) is 65.1 Å². The summed E-state index contributed by atoms with van der Waals surface area (Å²) in [5.74, 6) is 0.700. The van der Waals surface area contributed by atoms with E-state index in [1.54, 1.807) is 6.20 Å². The molecule has 27 heavy (non-hydrogen) atoms. The van der Waals surface area contributed by atoms with Crippen molar-refractivity contribution < 1.29 is 4.79 Å². The van der Waals surface area contributed by atoms with Crippen LogP contribution in [-0.2, 0) is 12.0 Å². The van der Waals surface area contributed by atoms with Gasteiger partial charge in [0.2, 0.25) is 0 Å². The average molecular weight is 367 g/mol. The Bertz CT molecular complexity index is 802. The quantitative estimate of drug-likeness (QED) is 0.906. The van der Waals surface area contributed by atoms with Gasteiger partial charge in [-0.3, -0.25) is 14.7 Å². The summed E-state index contributed by atoms with van der Waals surface area (Å²) in [6.45, 7) is 10.1. The van der Waals surface area contributed by atoms with Crippen LogP contribution in [0.3, 0.4) is 0 Å². The van der Waals surface area contributed by atoms with Gasteiger partial charge in [0.25, 0.3) is 5.91 Å². The van der Waals surface area contributed by atoms with Gasteiger partial charge < -0.3 is 9.88 Å². The van der Waals surface area contributed by atoms with Gasteiger partial charge in [0.1, 0.15) is 0 Å². The first-order valence-corrected chi connectivity index (χ1v) is 9.99. The molecule has 0 bridgehead atoms. The molecule has 2 aromatic rings. The van der Waals surface area contributed by atoms with Crippen molar-refractivity contribution in [1.82, 2.24) is 24.8 Å². The van der Waals surface area contributed by atoms with Gasteiger partial charge in [-0.25, -0.2) is 4.98 Å². The first-order valence-electron chi connectivity index (χ1n) is 9.99. The van der Waals surface area contributed by atoms with Crippen LogP contribution in [0.1, 0.15) is 54.1 Å². The monoisotopic (exact) mass is 367 g/mol. The first-order chi connectivity index (χ1) is 13.0. The number of carbonyl (C=O) groups is 1. The molecule has 0 aromatic carbocycles. The van der Waals surface area contributed by atoms with Crippen molar-refractivity contribution in [3.63, 3.8) is 0 Å². The number of amides is 1. The van der Waals surface area contributed by atoms with Gasteiger partial charge in [-0.2, -0.15) is 0 Å². The van der Waals surface area contributed by atoms with E-state index < -0.39 is 0 Å². The second-order valence-electron chi connectivity index (χ2n) is 8.33. The van der Waals surface area contributed by atoms with Crippen LogP contribution in [0.4, 0.5) is 0 Å². The largest absolute Gasteiger partial charge is 0.348 e. The summed E-state index contributed by atoms with van der Waals surface area (Å²) in [6.07, 6.45) is 6.42. The van der Waals surface area contributed by atoms with E-state index in [9.17, 15) is 4.79 Å². The maximum Gasteiger partial charge on any atom is 0.255 e. The number of aromatic nitrogens is 3. The summed E-state index contributed by atoms with van der Waals surface area (Å²) in [7, 11) is 0. The molecule has 1 amide bonds. The number of H-pyrrole nitrogens is 1. The van der Waals surface area contributed by atoms with Crippen LogP contribution in [0.15, 0.2) is 24.7 Å². The first kappa shape index (κ1) is 18.2. The van der Waals surface area contributed by atoms with E-state index in [-0.39, 0.29) is 11.4 Å². The molecule has 1 saturated heterocycles. The molecule has 6 nitrogen and oxygen atoms in total. The molecule has 0 radical (unpaired) electrons. The number of likely N-dealkylation sites (tertiary alicyclic amines) is 1. The van der Waals surface area contributed by atoms with Gasteiger partial charge in [-0.1, -0.05) is 13.8 Å². The van der Waals surface area contributed by atoms with Crippen molar-refractivity contribution in [3.8, 4) is 0 Å². The SMILES string of the molecule is Cc1ccc(C(=O)N2CCC3(CC2)c2nc[nH]c2CCN3CC(C)C)cn1. The molecule has 0 atom stereocenters. The molecule has 2 aliphatic rings. The summed E-state index contributed by atoms with van der Waals surface area (Å²) in [6, 6.07) is 3.78. The summed E-state index contributed by atoms with van der Waals surface area (Å²) in [4.78, 5) is 29.8. The number of carbonyl (C=O) groups excluding carboxylic acids is 1. The lowest BCUT2D eigenvalue weighted by Crippen LogP contribution is -2.57. The fraction of sp³-hybridized carbons (Fsp3) is 0.571. The van der Waals surface area contributed by atoms with Crippen LogP contribution >= 0.6 is 0 Å². The molecule has 1 spiro atoms. The lowest BCUT2D eigenvalue weighted by Gasteiger charge is -2.51. The molecule has 2 aromatic heterocycles. The lowest BCUT2D eigenvalue weighted by molar-refractivity contribution is 0.000609. The Balaban J connectivity index is 1.55. The van der Waals surface area contributed by atoms with Gasteiger partial charge >= 0.3 is 0 Å². The minimum atomic E-state index is -0.0415. The second kappa shape index (κ2) is 7.08. The minimum absolute atomic E-state index is 0.0415.